The first-order chi connectivity index (χ1) is 14.1. The standard InChI is InChI=1S/C24H25N3O2/c1-17(28)26-20-9-6-18(7-10-20)8-11-24(29)27-14-12-19(13-15-27)22-16-25-23-5-3-2-4-21(22)23/h2-11,16,19,25H,12-15H2,1H3,(H,26,28)/b11-8+. The van der Waals surface area contributed by atoms with Gasteiger partial charge in [0, 0.05) is 48.9 Å². The van der Waals surface area contributed by atoms with Gasteiger partial charge in [0.05, 0.1) is 0 Å². The van der Waals surface area contributed by atoms with E-state index in [0.29, 0.717) is 5.92 Å². The van der Waals surface area contributed by atoms with Gasteiger partial charge in [0.25, 0.3) is 0 Å². The Bertz CT molecular complexity index is 1040. The number of H-pyrrole nitrogens is 1. The lowest BCUT2D eigenvalue weighted by Gasteiger charge is -2.31. The lowest BCUT2D eigenvalue weighted by Crippen LogP contribution is -2.36. The van der Waals surface area contributed by atoms with Crippen LogP contribution < -0.4 is 5.32 Å². The molecule has 4 rings (SSSR count). The Morgan fingerprint density at radius 2 is 1.79 bits per heavy atom. The highest BCUT2D eigenvalue weighted by molar-refractivity contribution is 5.92. The maximum absolute atomic E-state index is 12.6. The van der Waals surface area contributed by atoms with Gasteiger partial charge in [0.2, 0.25) is 11.8 Å². The molecule has 1 fully saturated rings. The van der Waals surface area contributed by atoms with Crippen molar-refractivity contribution >= 4 is 34.5 Å². The Labute approximate surface area is 170 Å². The molecule has 0 spiro atoms. The predicted octanol–water partition coefficient (Wildman–Crippen LogP) is 4.55. The highest BCUT2D eigenvalue weighted by atomic mass is 16.2. The number of amides is 2. The second-order valence-electron chi connectivity index (χ2n) is 7.53. The number of benzene rings is 2. The topological polar surface area (TPSA) is 65.2 Å². The third-order valence-corrected chi connectivity index (χ3v) is 5.52. The minimum atomic E-state index is -0.0977. The Morgan fingerprint density at radius 1 is 1.07 bits per heavy atom. The van der Waals surface area contributed by atoms with E-state index >= 15 is 0 Å². The number of likely N-dealkylation sites (tertiary alicyclic amines) is 1. The van der Waals surface area contributed by atoms with Gasteiger partial charge in [-0.1, -0.05) is 30.3 Å². The molecule has 0 saturated carbocycles. The summed E-state index contributed by atoms with van der Waals surface area (Å²) >= 11 is 0. The van der Waals surface area contributed by atoms with Crippen LogP contribution in [-0.2, 0) is 9.59 Å². The van der Waals surface area contributed by atoms with Gasteiger partial charge in [-0.2, -0.15) is 0 Å². The Kier molecular flexibility index (Phi) is 5.47. The maximum atomic E-state index is 12.6. The van der Waals surface area contributed by atoms with Crippen molar-refractivity contribution in [2.45, 2.75) is 25.7 Å². The molecule has 5 nitrogen and oxygen atoms in total. The van der Waals surface area contributed by atoms with Crippen molar-refractivity contribution in [2.75, 3.05) is 18.4 Å². The monoisotopic (exact) mass is 387 g/mol. The Hall–Kier alpha value is -3.34. The number of hydrogen-bond donors (Lipinski definition) is 2. The summed E-state index contributed by atoms with van der Waals surface area (Å²) in [5.74, 6) is 0.438. The summed E-state index contributed by atoms with van der Waals surface area (Å²) in [7, 11) is 0. The maximum Gasteiger partial charge on any atom is 0.246 e. The number of anilines is 1. The molecule has 1 saturated heterocycles. The van der Waals surface area contributed by atoms with E-state index in [2.05, 4.69) is 34.7 Å². The van der Waals surface area contributed by atoms with Gasteiger partial charge in [0.1, 0.15) is 0 Å². The molecular formula is C24H25N3O2. The van der Waals surface area contributed by atoms with Gasteiger partial charge in [-0.3, -0.25) is 9.59 Å². The normalized spacial score (nSPS) is 15.1. The smallest absolute Gasteiger partial charge is 0.246 e. The number of para-hydroxylation sites is 1. The lowest BCUT2D eigenvalue weighted by atomic mass is 9.89. The van der Waals surface area contributed by atoms with E-state index < -0.39 is 0 Å². The summed E-state index contributed by atoms with van der Waals surface area (Å²) in [6.45, 7) is 3.03. The number of carbonyl (C=O) groups is 2. The fourth-order valence-corrected chi connectivity index (χ4v) is 4.00. The molecule has 0 aliphatic carbocycles. The van der Waals surface area contributed by atoms with Gasteiger partial charge in [-0.15, -0.1) is 0 Å². The molecule has 0 atom stereocenters. The molecular weight excluding hydrogens is 362 g/mol. The summed E-state index contributed by atoms with van der Waals surface area (Å²) in [5.41, 5.74) is 4.22. The van der Waals surface area contributed by atoms with E-state index in [9.17, 15) is 9.59 Å². The number of rotatable bonds is 4. The minimum absolute atomic E-state index is 0.0494. The van der Waals surface area contributed by atoms with E-state index in [0.717, 1.165) is 37.2 Å². The van der Waals surface area contributed by atoms with Crippen LogP contribution in [0.5, 0.6) is 0 Å². The fraction of sp³-hybridized carbons (Fsp3) is 0.250. The summed E-state index contributed by atoms with van der Waals surface area (Å²) < 4.78 is 0. The molecule has 29 heavy (non-hydrogen) atoms. The molecule has 0 radical (unpaired) electrons. The van der Waals surface area contributed by atoms with Crippen molar-refractivity contribution in [2.24, 2.45) is 0 Å². The molecule has 148 valence electrons. The van der Waals surface area contributed by atoms with Crippen LogP contribution in [0.25, 0.3) is 17.0 Å². The molecule has 2 N–H and O–H groups in total. The number of fused-ring (bicyclic) bond motifs is 1. The average molecular weight is 387 g/mol. The highest BCUT2D eigenvalue weighted by Crippen LogP contribution is 2.33. The molecule has 0 bridgehead atoms. The van der Waals surface area contributed by atoms with Gasteiger partial charge in [-0.05, 0) is 54.2 Å². The van der Waals surface area contributed by atoms with Crippen LogP contribution in [0.4, 0.5) is 5.69 Å². The molecule has 1 aliphatic heterocycles. The number of aromatic nitrogens is 1. The van der Waals surface area contributed by atoms with Crippen molar-refractivity contribution < 1.29 is 9.59 Å². The first-order valence-corrected chi connectivity index (χ1v) is 10.0. The zero-order chi connectivity index (χ0) is 20.2. The second kappa shape index (κ2) is 8.35. The number of aromatic amines is 1. The van der Waals surface area contributed by atoms with Gasteiger partial charge in [-0.25, -0.2) is 0 Å². The zero-order valence-electron chi connectivity index (χ0n) is 16.5. The van der Waals surface area contributed by atoms with Crippen LogP contribution in [0.3, 0.4) is 0 Å². The first kappa shape index (κ1) is 19.0. The van der Waals surface area contributed by atoms with Gasteiger partial charge in [0.15, 0.2) is 0 Å². The zero-order valence-corrected chi connectivity index (χ0v) is 16.5. The molecule has 2 aromatic carbocycles. The van der Waals surface area contributed by atoms with Crippen molar-refractivity contribution in [3.63, 3.8) is 0 Å². The first-order valence-electron chi connectivity index (χ1n) is 10.0. The van der Waals surface area contributed by atoms with Gasteiger partial charge >= 0.3 is 0 Å². The van der Waals surface area contributed by atoms with Crippen molar-refractivity contribution in [1.29, 1.82) is 0 Å². The quantitative estimate of drug-likeness (QED) is 0.645. The SMILES string of the molecule is CC(=O)Nc1ccc(/C=C/C(=O)N2CCC(c3c[nH]c4ccccc34)CC2)cc1. The molecule has 3 aromatic rings. The second-order valence-corrected chi connectivity index (χ2v) is 7.53. The largest absolute Gasteiger partial charge is 0.361 e. The number of carbonyl (C=O) groups excluding carboxylic acids is 2. The molecule has 1 aliphatic rings. The van der Waals surface area contributed by atoms with Crippen molar-refractivity contribution in [3.05, 3.63) is 71.9 Å². The minimum Gasteiger partial charge on any atom is -0.361 e. The molecule has 2 amide bonds. The number of hydrogen-bond acceptors (Lipinski definition) is 2. The predicted molar refractivity (Wildman–Crippen MR) is 117 cm³/mol. The fourth-order valence-electron chi connectivity index (χ4n) is 4.00. The number of nitrogens with one attached hydrogen (secondary N) is 2. The van der Waals surface area contributed by atoms with Crippen molar-refractivity contribution in [3.8, 4) is 0 Å². The van der Waals surface area contributed by atoms with E-state index in [1.165, 1.54) is 23.4 Å². The van der Waals surface area contributed by atoms with E-state index in [-0.39, 0.29) is 11.8 Å². The van der Waals surface area contributed by atoms with Crippen LogP contribution in [0.2, 0.25) is 0 Å². The summed E-state index contributed by atoms with van der Waals surface area (Å²) in [6, 6.07) is 15.8. The number of piperidine rings is 1. The Balaban J connectivity index is 1.34. The highest BCUT2D eigenvalue weighted by Gasteiger charge is 2.24. The summed E-state index contributed by atoms with van der Waals surface area (Å²) in [5, 5.41) is 4.03. The summed E-state index contributed by atoms with van der Waals surface area (Å²) in [4.78, 5) is 28.9. The van der Waals surface area contributed by atoms with Crippen LogP contribution in [-0.4, -0.2) is 34.8 Å². The summed E-state index contributed by atoms with van der Waals surface area (Å²) in [6.07, 6.45) is 7.54. The van der Waals surface area contributed by atoms with E-state index in [1.54, 1.807) is 6.08 Å². The van der Waals surface area contributed by atoms with E-state index in [1.807, 2.05) is 41.3 Å². The molecule has 1 aromatic heterocycles. The van der Waals surface area contributed by atoms with Crippen LogP contribution >= 0.6 is 0 Å². The Morgan fingerprint density at radius 3 is 2.52 bits per heavy atom. The molecule has 2 heterocycles. The van der Waals surface area contributed by atoms with E-state index in [4.69, 9.17) is 0 Å². The van der Waals surface area contributed by atoms with Crippen molar-refractivity contribution in [1.82, 2.24) is 9.88 Å². The third-order valence-electron chi connectivity index (χ3n) is 5.52. The third kappa shape index (κ3) is 4.40. The number of nitrogens with zero attached hydrogens (tertiary/aromatic N) is 1. The lowest BCUT2D eigenvalue weighted by molar-refractivity contribution is -0.127. The molecule has 0 unspecified atom stereocenters. The van der Waals surface area contributed by atoms with Crippen LogP contribution in [0.15, 0.2) is 60.8 Å². The molecule has 5 heteroatoms. The van der Waals surface area contributed by atoms with Gasteiger partial charge < -0.3 is 15.2 Å². The van der Waals surface area contributed by atoms with Crippen LogP contribution in [0, 0.1) is 0 Å². The van der Waals surface area contributed by atoms with Crippen LogP contribution in [0.1, 0.15) is 36.8 Å². The average Bonchev–Trinajstić information content (AvgIpc) is 3.17.